The summed E-state index contributed by atoms with van der Waals surface area (Å²) in [5.41, 5.74) is 1.27. The molecule has 25 nitrogen and oxygen atoms in total. The van der Waals surface area contributed by atoms with Crippen LogP contribution in [0.15, 0.2) is 97.9 Å². The van der Waals surface area contributed by atoms with Gasteiger partial charge in [-0.3, -0.25) is 52.4 Å². The van der Waals surface area contributed by atoms with Crippen LogP contribution in [0.1, 0.15) is 77.0 Å². The zero-order valence-corrected chi connectivity index (χ0v) is 42.6. The molecule has 1 saturated heterocycles. The number of carbonyl (C=O) groups is 3. The number of oxime groups is 1. The number of ether oxygens (including phenoxy) is 2. The van der Waals surface area contributed by atoms with Crippen molar-refractivity contribution in [1.82, 2.24) is 20.2 Å². The van der Waals surface area contributed by atoms with Crippen molar-refractivity contribution in [3.8, 4) is 6.07 Å². The molecular weight excluding hydrogens is 1000 g/mol. The number of aromatic amines is 1. The van der Waals surface area contributed by atoms with Gasteiger partial charge in [-0.25, -0.2) is 9.36 Å². The minimum atomic E-state index is -4.43. The number of rotatable bonds is 32. The fraction of sp³-hybridized carbons (Fsp3) is 0.449. The summed E-state index contributed by atoms with van der Waals surface area (Å²) in [6, 6.07) is 19.4. The van der Waals surface area contributed by atoms with Crippen LogP contribution in [0, 0.1) is 21.4 Å². The molecule has 0 spiro atoms. The zero-order chi connectivity index (χ0) is 54.9. The van der Waals surface area contributed by atoms with E-state index in [9.17, 15) is 38.7 Å². The van der Waals surface area contributed by atoms with Crippen molar-refractivity contribution in [2.75, 3.05) is 64.6 Å². The van der Waals surface area contributed by atoms with Crippen LogP contribution in [-0.2, 0) is 46.8 Å². The summed E-state index contributed by atoms with van der Waals surface area (Å²) in [5, 5.41) is 44.2. The molecule has 75 heavy (non-hydrogen) atoms. The number of benzene rings is 3. The van der Waals surface area contributed by atoms with Crippen LogP contribution >= 0.6 is 7.82 Å². The smallest absolute Gasteiger partial charge is 0.466 e. The molecule has 1 aromatic heterocycles. The van der Waals surface area contributed by atoms with Gasteiger partial charge in [0, 0.05) is 69.2 Å². The van der Waals surface area contributed by atoms with Gasteiger partial charge in [-0.15, -0.1) is 5.11 Å². The number of nitro benzene ring substituents is 1. The first-order chi connectivity index (χ1) is 36.7. The van der Waals surface area contributed by atoms with Gasteiger partial charge in [0.1, 0.15) is 25.0 Å². The van der Waals surface area contributed by atoms with Gasteiger partial charge >= 0.3 is 19.5 Å². The maximum Gasteiger partial charge on any atom is 0.475 e. The van der Waals surface area contributed by atoms with Crippen molar-refractivity contribution in [2.24, 2.45) is 15.4 Å². The minimum Gasteiger partial charge on any atom is -0.466 e. The molecule has 2 heterocycles. The summed E-state index contributed by atoms with van der Waals surface area (Å²) in [7, 11) is -2.99. The molecule has 0 aliphatic carbocycles. The van der Waals surface area contributed by atoms with E-state index in [0.29, 0.717) is 60.4 Å². The lowest BCUT2D eigenvalue weighted by atomic mass is 10.1. The van der Waals surface area contributed by atoms with Crippen molar-refractivity contribution in [3.63, 3.8) is 0 Å². The molecule has 0 saturated carbocycles. The molecule has 0 bridgehead atoms. The average molecular weight is 1060 g/mol. The number of hydrogen-bond donors (Lipinski definition) is 4. The minimum absolute atomic E-state index is 0.00357. The summed E-state index contributed by atoms with van der Waals surface area (Å²) >= 11 is 0. The summed E-state index contributed by atoms with van der Waals surface area (Å²) < 4.78 is 49.7. The van der Waals surface area contributed by atoms with E-state index in [1.165, 1.54) is 31.5 Å². The van der Waals surface area contributed by atoms with Crippen molar-refractivity contribution in [1.29, 1.82) is 6.69 Å². The van der Waals surface area contributed by atoms with E-state index >= 15 is 0 Å². The number of H-pyrrole nitrogens is 1. The number of aliphatic hydroxyl groups excluding tert-OH is 1. The third-order valence-electron chi connectivity index (χ3n) is 11.3. The van der Waals surface area contributed by atoms with Gasteiger partial charge in [-0.2, -0.15) is 10.4 Å². The number of phosphoric ester groups is 1. The maximum absolute atomic E-state index is 13.7. The van der Waals surface area contributed by atoms with Gasteiger partial charge in [-0.05, 0) is 63.1 Å². The van der Waals surface area contributed by atoms with Gasteiger partial charge in [0.2, 0.25) is 13.2 Å². The third kappa shape index (κ3) is 18.5. The Morgan fingerprint density at radius 3 is 2.53 bits per heavy atom. The molecule has 1 fully saturated rings. The molecule has 0 radical (unpaired) electrons. The number of esters is 1. The van der Waals surface area contributed by atoms with Crippen LogP contribution in [0.3, 0.4) is 0 Å². The lowest BCUT2D eigenvalue weighted by Gasteiger charge is -2.23. The summed E-state index contributed by atoms with van der Waals surface area (Å²) in [5.74, 6) is -1.19. The Bertz CT molecular complexity index is 2910. The number of non-ortho nitro benzene ring substituents is 1. The summed E-state index contributed by atoms with van der Waals surface area (Å²) in [4.78, 5) is 82.6. The van der Waals surface area contributed by atoms with Crippen LogP contribution in [0.25, 0.3) is 16.8 Å². The molecule has 2 amide bonds. The Morgan fingerprint density at radius 1 is 1.03 bits per heavy atom. The number of nitrogens with one attached hydrogen (secondary N) is 3. The van der Waals surface area contributed by atoms with Crippen LogP contribution < -0.4 is 26.8 Å². The van der Waals surface area contributed by atoms with E-state index in [4.69, 9.17) is 34.6 Å². The number of azo groups is 1. The highest BCUT2D eigenvalue weighted by molar-refractivity contribution is 7.48. The van der Waals surface area contributed by atoms with E-state index in [1.807, 2.05) is 44.2 Å². The number of carbonyl (C=O) groups excluding carboxylic acids is 3. The molecule has 4 aromatic rings. The molecule has 5 rings (SSSR count). The number of phosphoric acid groups is 1. The van der Waals surface area contributed by atoms with E-state index < -0.39 is 55.0 Å². The fourth-order valence-electron chi connectivity index (χ4n) is 7.40. The SMILES string of the molecule is [2H]OCC1OC(n2cc(/C=C/CNC(=O)CCC/C(C)=N/OCCN(CC)c3ccc(/N=N/c4ccc([N+](=O)[O-])c5ccccc45)cc3)c(=O)[nH]c2=O)CC1OP(=O)(OCCC#N)OCCCOC(=O)CCC(=O)NC. The Kier molecular flexibility index (Phi) is 22.8. The number of hydrogen-bond acceptors (Lipinski definition) is 20. The molecule has 4 atom stereocenters. The number of aliphatic hydroxyl groups is 1. The first kappa shape index (κ1) is 56.8. The predicted molar refractivity (Wildman–Crippen MR) is 274 cm³/mol. The first-order valence-corrected chi connectivity index (χ1v) is 25.5. The van der Waals surface area contributed by atoms with Crippen LogP contribution in [0.5, 0.6) is 0 Å². The van der Waals surface area contributed by atoms with Gasteiger partial charge in [0.05, 0.1) is 84.8 Å². The summed E-state index contributed by atoms with van der Waals surface area (Å²) in [6.45, 7) is 4.34. The Hall–Kier alpha value is -7.46. The quantitative estimate of drug-likeness (QED) is 0.00780. The molecule has 4 unspecified atom stereocenters. The average Bonchev–Trinajstić information content (AvgIpc) is 3.80. The molecule has 26 heteroatoms. The molecule has 1 aliphatic rings. The lowest BCUT2D eigenvalue weighted by molar-refractivity contribution is -0.383. The number of anilines is 1. The van der Waals surface area contributed by atoms with E-state index in [-0.39, 0.29) is 88.0 Å². The number of aromatic nitrogens is 2. The molecular formula is C49H61N10O15P. The Labute approximate surface area is 432 Å². The zero-order valence-electron chi connectivity index (χ0n) is 42.8. The topological polar surface area (TPSA) is 330 Å². The van der Waals surface area contributed by atoms with Crippen LogP contribution in [0.4, 0.5) is 22.7 Å². The summed E-state index contributed by atoms with van der Waals surface area (Å²) in [6.07, 6.45) is 1.64. The first-order valence-electron chi connectivity index (χ1n) is 24.5. The normalized spacial score (nSPS) is 16.6. The number of nitro groups is 1. The number of fused-ring (bicyclic) bond motifs is 1. The largest absolute Gasteiger partial charge is 0.475 e. The van der Waals surface area contributed by atoms with Crippen molar-refractivity contribution < 1.29 is 56.9 Å². The third-order valence-corrected chi connectivity index (χ3v) is 12.8. The molecule has 4 N–H and O–H groups in total. The van der Waals surface area contributed by atoms with E-state index in [0.717, 1.165) is 10.3 Å². The van der Waals surface area contributed by atoms with Crippen LogP contribution in [0.2, 0.25) is 0 Å². The van der Waals surface area contributed by atoms with Gasteiger partial charge in [-0.1, -0.05) is 35.5 Å². The van der Waals surface area contributed by atoms with E-state index in [1.54, 1.807) is 30.3 Å². The highest BCUT2D eigenvalue weighted by atomic mass is 31.2. The number of amides is 2. The maximum atomic E-state index is 13.7. The lowest BCUT2D eigenvalue weighted by Crippen LogP contribution is -2.33. The highest BCUT2D eigenvalue weighted by Gasteiger charge is 2.43. The number of nitrogens with zero attached hydrogens (tertiary/aromatic N) is 7. The predicted octanol–water partition coefficient (Wildman–Crippen LogP) is 6.41. The second-order valence-electron chi connectivity index (χ2n) is 16.6. The Balaban J connectivity index is 1.04. The second kappa shape index (κ2) is 30.0. The standard InChI is InChI=1S/C49H61N10O15P/c1-4-57(37-18-16-36(17-19-37)54-55-40-20-21-41(59(66)67)39-14-6-5-13-38(39)40)26-30-70-56-34(2)11-7-15-45(62)52-25-8-12-35-32-58(49(65)53-48(35)64)46-31-42(43(33-60)73-46)74-75(68,71-28-9-24-50)72-29-10-27-69-47(63)23-22-44(61)51-3/h5-6,8,12-14,16-21,32,42-43,46,60H,4,7,9-11,15,22-23,25-31,33H2,1-3H3,(H,51,61)(H,52,62)(H,53,64,65)/b12-8+,55-54+,56-34+/i60D. The van der Waals surface area contributed by atoms with Crippen LogP contribution in [-0.4, -0.2) is 116 Å². The van der Waals surface area contributed by atoms with Crippen molar-refractivity contribution in [3.05, 3.63) is 109 Å². The van der Waals surface area contributed by atoms with Crippen molar-refractivity contribution in [2.45, 2.75) is 83.6 Å². The monoisotopic (exact) mass is 1060 g/mol. The van der Waals surface area contributed by atoms with Gasteiger partial charge in [0.15, 0.2) is 0 Å². The fourth-order valence-corrected chi connectivity index (χ4v) is 8.81. The van der Waals surface area contributed by atoms with Gasteiger partial charge in [0.25, 0.3) is 11.2 Å². The number of likely N-dealkylation sites (N-methyl/N-ethyl adjacent to an activating group) is 1. The molecule has 3 aromatic carbocycles. The van der Waals surface area contributed by atoms with Gasteiger partial charge < -0.3 is 35.0 Å². The van der Waals surface area contributed by atoms with E-state index in [2.05, 4.69) is 41.0 Å². The van der Waals surface area contributed by atoms with Crippen molar-refractivity contribution >= 4 is 70.9 Å². The second-order valence-corrected chi connectivity index (χ2v) is 18.2. The highest BCUT2D eigenvalue weighted by Crippen LogP contribution is 2.53. The molecule has 402 valence electrons. The Morgan fingerprint density at radius 2 is 1.80 bits per heavy atom. The molecule has 1 aliphatic heterocycles. The number of nitriles is 1.